The van der Waals surface area contributed by atoms with Gasteiger partial charge < -0.3 is 14.5 Å². The molecule has 0 atom stereocenters. The van der Waals surface area contributed by atoms with E-state index in [9.17, 15) is 13.6 Å². The van der Waals surface area contributed by atoms with Gasteiger partial charge in [-0.15, -0.1) is 0 Å². The molecule has 0 aromatic heterocycles. The van der Waals surface area contributed by atoms with Gasteiger partial charge in [0.15, 0.2) is 0 Å². The van der Waals surface area contributed by atoms with Crippen LogP contribution in [0, 0.1) is 11.6 Å². The van der Waals surface area contributed by atoms with Crippen molar-refractivity contribution in [2.45, 2.75) is 44.2 Å². The maximum atomic E-state index is 13.5. The van der Waals surface area contributed by atoms with Crippen molar-refractivity contribution in [1.82, 2.24) is 9.80 Å². The second-order valence-electron chi connectivity index (χ2n) is 9.47. The molecule has 5 rings (SSSR count). The quantitative estimate of drug-likeness (QED) is 0.398. The Morgan fingerprint density at radius 2 is 1.46 bits per heavy atom. The molecule has 3 aromatic carbocycles. The van der Waals surface area contributed by atoms with Crippen molar-refractivity contribution in [3.05, 3.63) is 101 Å². The molecule has 0 saturated carbocycles. The highest BCUT2D eigenvalue weighted by atomic mass is 19.1. The minimum Gasteiger partial charge on any atom is -0.410 e. The summed E-state index contributed by atoms with van der Waals surface area (Å²) in [4.78, 5) is 16.9. The first-order chi connectivity index (χ1) is 17.1. The minimum atomic E-state index is -0.254. The largest absolute Gasteiger partial charge is 0.415 e. The van der Waals surface area contributed by atoms with Crippen molar-refractivity contribution in [3.8, 4) is 5.75 Å². The minimum absolute atomic E-state index is 0.0944. The molecule has 0 bridgehead atoms. The predicted molar refractivity (Wildman–Crippen MR) is 131 cm³/mol. The molecule has 0 aliphatic carbocycles. The third kappa shape index (κ3) is 5.54. The average Bonchev–Trinajstić information content (AvgIpc) is 2.88. The van der Waals surface area contributed by atoms with Gasteiger partial charge in [0.1, 0.15) is 17.4 Å². The van der Waals surface area contributed by atoms with Crippen molar-refractivity contribution in [2.75, 3.05) is 19.6 Å². The number of ether oxygens (including phenoxy) is 1. The molecule has 35 heavy (non-hydrogen) atoms. The third-order valence-corrected chi connectivity index (χ3v) is 7.25. The molecule has 2 heterocycles. The molecule has 0 radical (unpaired) electrons. The number of hydrogen-bond acceptors (Lipinski definition) is 3. The van der Waals surface area contributed by atoms with Crippen LogP contribution in [0.5, 0.6) is 5.75 Å². The molecular formula is C29H30F2N2O2. The molecule has 6 heteroatoms. The number of amides is 1. The smallest absolute Gasteiger partial charge is 0.410 e. The zero-order valence-corrected chi connectivity index (χ0v) is 19.7. The molecule has 2 aliphatic heterocycles. The summed E-state index contributed by atoms with van der Waals surface area (Å²) in [6, 6.07) is 21.2. The van der Waals surface area contributed by atoms with Crippen molar-refractivity contribution < 1.29 is 18.3 Å². The van der Waals surface area contributed by atoms with Crippen molar-refractivity contribution >= 4 is 6.09 Å². The van der Waals surface area contributed by atoms with Crippen LogP contribution in [-0.4, -0.2) is 41.6 Å². The maximum Gasteiger partial charge on any atom is 0.415 e. The Morgan fingerprint density at radius 3 is 2.09 bits per heavy atom. The highest BCUT2D eigenvalue weighted by Gasteiger charge is 2.33. The summed E-state index contributed by atoms with van der Waals surface area (Å²) in [5, 5.41) is 0. The second kappa shape index (κ2) is 10.6. The Kier molecular flexibility index (Phi) is 7.09. The van der Waals surface area contributed by atoms with Gasteiger partial charge in [0.05, 0.1) is 6.54 Å². The summed E-state index contributed by atoms with van der Waals surface area (Å²) in [5.74, 6) is 0.256. The van der Waals surface area contributed by atoms with Gasteiger partial charge in [0.25, 0.3) is 0 Å². The van der Waals surface area contributed by atoms with E-state index < -0.39 is 0 Å². The lowest BCUT2D eigenvalue weighted by Crippen LogP contribution is -2.49. The fourth-order valence-corrected chi connectivity index (χ4v) is 5.30. The Morgan fingerprint density at radius 1 is 0.857 bits per heavy atom. The molecular weight excluding hydrogens is 446 g/mol. The van der Waals surface area contributed by atoms with Gasteiger partial charge in [-0.25, -0.2) is 13.6 Å². The first kappa shape index (κ1) is 23.5. The fourth-order valence-electron chi connectivity index (χ4n) is 5.30. The van der Waals surface area contributed by atoms with E-state index in [4.69, 9.17) is 4.74 Å². The van der Waals surface area contributed by atoms with Gasteiger partial charge in [-0.1, -0.05) is 42.5 Å². The highest BCUT2D eigenvalue weighted by molar-refractivity contribution is 5.73. The Hall–Kier alpha value is -3.25. The van der Waals surface area contributed by atoms with E-state index in [1.54, 1.807) is 0 Å². The van der Waals surface area contributed by atoms with Crippen LogP contribution in [0.4, 0.5) is 13.6 Å². The van der Waals surface area contributed by atoms with Crippen LogP contribution >= 0.6 is 0 Å². The monoisotopic (exact) mass is 476 g/mol. The fraction of sp³-hybridized carbons (Fsp3) is 0.345. The number of hydrogen-bond donors (Lipinski definition) is 0. The van der Waals surface area contributed by atoms with Crippen LogP contribution in [0.2, 0.25) is 0 Å². The summed E-state index contributed by atoms with van der Waals surface area (Å²) in [7, 11) is 0. The second-order valence-corrected chi connectivity index (χ2v) is 9.47. The lowest BCUT2D eigenvalue weighted by atomic mass is 9.87. The predicted octanol–water partition coefficient (Wildman–Crippen LogP) is 6.36. The summed E-state index contributed by atoms with van der Waals surface area (Å²) in [6.07, 6.45) is 3.48. The number of carbonyl (C=O) groups excluding carboxylic acids is 1. The first-order valence-corrected chi connectivity index (χ1v) is 12.4. The van der Waals surface area contributed by atoms with Gasteiger partial charge >= 0.3 is 6.09 Å². The Bertz CT molecular complexity index is 1100. The van der Waals surface area contributed by atoms with Crippen molar-refractivity contribution in [3.63, 3.8) is 0 Å². The van der Waals surface area contributed by atoms with E-state index in [2.05, 4.69) is 4.90 Å². The summed E-state index contributed by atoms with van der Waals surface area (Å²) in [5.41, 5.74) is 3.14. The Labute approximate surface area is 205 Å². The molecule has 0 spiro atoms. The number of halogens is 2. The van der Waals surface area contributed by atoms with Gasteiger partial charge in [-0.05, 0) is 73.7 Å². The van der Waals surface area contributed by atoms with E-state index in [1.807, 2.05) is 53.4 Å². The molecule has 182 valence electrons. The lowest BCUT2D eigenvalue weighted by molar-refractivity contribution is 0.0818. The SMILES string of the molecule is O=C1Oc2ccccc2CN1C1CCN(CCCC(c2ccc(F)cc2)c2ccc(F)cc2)CC1. The standard InChI is InChI=1S/C29H30F2N2O2/c30-24-11-7-21(8-12-24)27(22-9-13-25(31)14-10-22)5-3-17-32-18-15-26(16-19-32)33-20-23-4-1-2-6-28(23)35-29(33)34/h1-2,4,6-14,26-27H,3,5,15-20H2. The van der Waals surface area contributed by atoms with E-state index >= 15 is 0 Å². The van der Waals surface area contributed by atoms with Crippen LogP contribution < -0.4 is 4.74 Å². The zero-order chi connectivity index (χ0) is 24.2. The molecule has 1 amide bonds. The molecule has 0 N–H and O–H groups in total. The molecule has 1 fully saturated rings. The van der Waals surface area contributed by atoms with E-state index in [1.165, 1.54) is 24.3 Å². The van der Waals surface area contributed by atoms with Gasteiger partial charge in [0.2, 0.25) is 0 Å². The summed E-state index contributed by atoms with van der Waals surface area (Å²) < 4.78 is 32.5. The normalized spacial score (nSPS) is 16.9. The van der Waals surface area contributed by atoms with Crippen molar-refractivity contribution in [2.24, 2.45) is 0 Å². The first-order valence-electron chi connectivity index (χ1n) is 12.4. The van der Waals surface area contributed by atoms with Crippen LogP contribution in [-0.2, 0) is 6.54 Å². The van der Waals surface area contributed by atoms with Crippen LogP contribution in [0.25, 0.3) is 0 Å². The van der Waals surface area contributed by atoms with Crippen molar-refractivity contribution in [1.29, 1.82) is 0 Å². The molecule has 3 aromatic rings. The number of fused-ring (bicyclic) bond motifs is 1. The number of likely N-dealkylation sites (tertiary alicyclic amines) is 1. The highest BCUT2D eigenvalue weighted by Crippen LogP contribution is 2.31. The van der Waals surface area contributed by atoms with E-state index in [0.29, 0.717) is 12.3 Å². The maximum absolute atomic E-state index is 13.5. The van der Waals surface area contributed by atoms with Crippen LogP contribution in [0.15, 0.2) is 72.8 Å². The van der Waals surface area contributed by atoms with Crippen LogP contribution in [0.1, 0.15) is 48.3 Å². The molecule has 2 aliphatic rings. The number of rotatable bonds is 7. The molecule has 1 saturated heterocycles. The van der Waals surface area contributed by atoms with Gasteiger partial charge in [-0.2, -0.15) is 0 Å². The van der Waals surface area contributed by atoms with Gasteiger partial charge in [0, 0.05) is 30.6 Å². The third-order valence-electron chi connectivity index (χ3n) is 7.25. The number of piperidine rings is 1. The molecule has 0 unspecified atom stereocenters. The zero-order valence-electron chi connectivity index (χ0n) is 19.7. The lowest BCUT2D eigenvalue weighted by Gasteiger charge is -2.39. The average molecular weight is 477 g/mol. The topological polar surface area (TPSA) is 32.8 Å². The number of carbonyl (C=O) groups is 1. The van der Waals surface area contributed by atoms with Gasteiger partial charge in [-0.3, -0.25) is 0 Å². The van der Waals surface area contributed by atoms with E-state index in [0.717, 1.165) is 62.0 Å². The summed E-state index contributed by atoms with van der Waals surface area (Å²) >= 11 is 0. The number of nitrogens with zero attached hydrogens (tertiary/aromatic N) is 2. The molecule has 4 nitrogen and oxygen atoms in total. The summed E-state index contributed by atoms with van der Waals surface area (Å²) in [6.45, 7) is 3.44. The van der Waals surface area contributed by atoms with Crippen LogP contribution in [0.3, 0.4) is 0 Å². The number of benzene rings is 3. The van der Waals surface area contributed by atoms with E-state index in [-0.39, 0.29) is 29.7 Å². The Balaban J connectivity index is 1.15. The number of para-hydroxylation sites is 1.